The second kappa shape index (κ2) is 7.25. The molecule has 1 aromatic heterocycles. The standard InChI is InChI=1S/C17H21N3O3S/c1-24-10-15-19-13-4-2-3-5-14(13)20(15)9-16(21)18-12-7-6-11(8-12)17(22)23/h2-5,11-12H,6-10H2,1H3,(H,18,21)(H,22,23)/t11-,12+/m0/s1. The molecule has 1 aromatic carbocycles. The average Bonchev–Trinajstić information content (AvgIpc) is 3.14. The van der Waals surface area contributed by atoms with E-state index in [2.05, 4.69) is 10.3 Å². The molecule has 2 atom stereocenters. The molecule has 3 rings (SSSR count). The topological polar surface area (TPSA) is 84.2 Å². The van der Waals surface area contributed by atoms with Crippen LogP contribution in [0.1, 0.15) is 25.1 Å². The van der Waals surface area contributed by atoms with Crippen LogP contribution in [0.15, 0.2) is 24.3 Å². The van der Waals surface area contributed by atoms with Crippen molar-refractivity contribution in [3.05, 3.63) is 30.1 Å². The van der Waals surface area contributed by atoms with E-state index >= 15 is 0 Å². The lowest BCUT2D eigenvalue weighted by Crippen LogP contribution is -2.36. The first-order valence-electron chi connectivity index (χ1n) is 8.03. The van der Waals surface area contributed by atoms with Crippen molar-refractivity contribution >= 4 is 34.7 Å². The molecule has 6 nitrogen and oxygen atoms in total. The third-order valence-corrected chi connectivity index (χ3v) is 5.00. The van der Waals surface area contributed by atoms with Gasteiger partial charge in [-0.25, -0.2) is 4.98 Å². The first kappa shape index (κ1) is 16.8. The minimum absolute atomic E-state index is 0.0441. The van der Waals surface area contributed by atoms with E-state index in [1.807, 2.05) is 35.1 Å². The van der Waals surface area contributed by atoms with Crippen molar-refractivity contribution in [1.29, 1.82) is 0 Å². The number of benzene rings is 1. The summed E-state index contributed by atoms with van der Waals surface area (Å²) in [5.41, 5.74) is 1.84. The zero-order valence-electron chi connectivity index (χ0n) is 13.6. The summed E-state index contributed by atoms with van der Waals surface area (Å²) in [6, 6.07) is 7.75. The zero-order valence-corrected chi connectivity index (χ0v) is 14.4. The number of para-hydroxylation sites is 2. The van der Waals surface area contributed by atoms with Gasteiger partial charge in [-0.05, 0) is 37.7 Å². The molecule has 2 aromatic rings. The number of nitrogens with zero attached hydrogens (tertiary/aromatic N) is 2. The smallest absolute Gasteiger partial charge is 0.306 e. The fourth-order valence-corrected chi connectivity index (χ4v) is 3.77. The Morgan fingerprint density at radius 3 is 2.88 bits per heavy atom. The number of hydrogen-bond acceptors (Lipinski definition) is 4. The van der Waals surface area contributed by atoms with E-state index in [1.54, 1.807) is 11.8 Å². The maximum atomic E-state index is 12.4. The summed E-state index contributed by atoms with van der Waals surface area (Å²) in [6.45, 7) is 0.213. The fraction of sp³-hybridized carbons (Fsp3) is 0.471. The van der Waals surface area contributed by atoms with Crippen LogP contribution in [0.3, 0.4) is 0 Å². The number of nitrogens with one attached hydrogen (secondary N) is 1. The number of hydrogen-bond donors (Lipinski definition) is 2. The third kappa shape index (κ3) is 3.56. The minimum Gasteiger partial charge on any atom is -0.481 e. The van der Waals surface area contributed by atoms with Crippen LogP contribution in [0.5, 0.6) is 0 Å². The average molecular weight is 347 g/mol. The summed E-state index contributed by atoms with van der Waals surface area (Å²) in [4.78, 5) is 28.1. The highest BCUT2D eigenvalue weighted by Crippen LogP contribution is 2.26. The van der Waals surface area contributed by atoms with Crippen molar-refractivity contribution in [2.24, 2.45) is 5.92 Å². The van der Waals surface area contributed by atoms with Crippen molar-refractivity contribution in [3.63, 3.8) is 0 Å². The lowest BCUT2D eigenvalue weighted by Gasteiger charge is -2.14. The Kier molecular flexibility index (Phi) is 5.08. The molecule has 1 aliphatic rings. The quantitative estimate of drug-likeness (QED) is 0.837. The van der Waals surface area contributed by atoms with Gasteiger partial charge in [0.25, 0.3) is 0 Å². The molecule has 0 bridgehead atoms. The van der Waals surface area contributed by atoms with Gasteiger partial charge in [-0.2, -0.15) is 11.8 Å². The van der Waals surface area contributed by atoms with Gasteiger partial charge in [0, 0.05) is 6.04 Å². The predicted octanol–water partition coefficient (Wildman–Crippen LogP) is 2.27. The molecule has 7 heteroatoms. The Morgan fingerprint density at radius 1 is 1.38 bits per heavy atom. The number of fused-ring (bicyclic) bond motifs is 1. The minimum atomic E-state index is -0.769. The summed E-state index contributed by atoms with van der Waals surface area (Å²) in [5.74, 6) is 0.434. The molecular weight excluding hydrogens is 326 g/mol. The fourth-order valence-electron chi connectivity index (χ4n) is 3.29. The van der Waals surface area contributed by atoms with Gasteiger partial charge in [-0.3, -0.25) is 9.59 Å². The van der Waals surface area contributed by atoms with Crippen LogP contribution >= 0.6 is 11.8 Å². The Bertz CT molecular complexity index is 759. The van der Waals surface area contributed by atoms with E-state index in [0.717, 1.165) is 29.0 Å². The highest BCUT2D eigenvalue weighted by atomic mass is 32.2. The van der Waals surface area contributed by atoms with Crippen molar-refractivity contribution in [1.82, 2.24) is 14.9 Å². The Morgan fingerprint density at radius 2 is 2.17 bits per heavy atom. The number of carboxylic acids is 1. The van der Waals surface area contributed by atoms with Crippen LogP contribution in [0, 0.1) is 5.92 Å². The second-order valence-electron chi connectivity index (χ2n) is 6.15. The highest BCUT2D eigenvalue weighted by Gasteiger charge is 2.30. The maximum absolute atomic E-state index is 12.4. The summed E-state index contributed by atoms with van der Waals surface area (Å²) >= 11 is 1.67. The van der Waals surface area contributed by atoms with E-state index in [4.69, 9.17) is 5.11 Å². The van der Waals surface area contributed by atoms with E-state index in [1.165, 1.54) is 0 Å². The van der Waals surface area contributed by atoms with Gasteiger partial charge >= 0.3 is 5.97 Å². The Labute approximate surface area is 144 Å². The molecule has 0 aliphatic heterocycles. The normalized spacial score (nSPS) is 20.4. The van der Waals surface area contributed by atoms with Gasteiger partial charge in [0.1, 0.15) is 12.4 Å². The number of carbonyl (C=O) groups excluding carboxylic acids is 1. The van der Waals surface area contributed by atoms with Crippen LogP contribution in [0.25, 0.3) is 11.0 Å². The number of carbonyl (C=O) groups is 2. The summed E-state index contributed by atoms with van der Waals surface area (Å²) in [5, 5.41) is 12.0. The molecule has 1 saturated carbocycles. The number of thioether (sulfide) groups is 1. The molecule has 1 aliphatic carbocycles. The summed E-state index contributed by atoms with van der Waals surface area (Å²) < 4.78 is 1.95. The van der Waals surface area contributed by atoms with E-state index in [-0.39, 0.29) is 24.4 Å². The van der Waals surface area contributed by atoms with Gasteiger partial charge in [0.05, 0.1) is 22.7 Å². The van der Waals surface area contributed by atoms with Gasteiger partial charge in [-0.15, -0.1) is 0 Å². The number of aliphatic carboxylic acids is 1. The number of imidazole rings is 1. The van der Waals surface area contributed by atoms with Crippen LogP contribution in [-0.2, 0) is 21.9 Å². The molecule has 0 radical (unpaired) electrons. The number of carboxylic acid groups (broad SMARTS) is 1. The molecule has 2 N–H and O–H groups in total. The maximum Gasteiger partial charge on any atom is 0.306 e. The Balaban J connectivity index is 1.71. The molecule has 0 saturated heterocycles. The van der Waals surface area contributed by atoms with Gasteiger partial charge < -0.3 is 15.0 Å². The molecule has 128 valence electrons. The molecule has 1 fully saturated rings. The molecule has 0 spiro atoms. The van der Waals surface area contributed by atoms with Crippen LogP contribution in [-0.4, -0.2) is 38.8 Å². The van der Waals surface area contributed by atoms with Crippen LogP contribution in [0.2, 0.25) is 0 Å². The third-order valence-electron chi connectivity index (χ3n) is 4.46. The van der Waals surface area contributed by atoms with E-state index in [0.29, 0.717) is 12.8 Å². The van der Waals surface area contributed by atoms with E-state index < -0.39 is 5.97 Å². The number of rotatable bonds is 6. The number of amides is 1. The number of aromatic nitrogens is 2. The SMILES string of the molecule is CSCc1nc2ccccc2n1CC(=O)N[C@@H]1CC[C@H](C(=O)O)C1. The predicted molar refractivity (Wildman–Crippen MR) is 93.9 cm³/mol. The van der Waals surface area contributed by atoms with Crippen molar-refractivity contribution in [2.45, 2.75) is 37.6 Å². The first-order chi connectivity index (χ1) is 11.6. The molecule has 24 heavy (non-hydrogen) atoms. The lowest BCUT2D eigenvalue weighted by atomic mass is 10.1. The zero-order chi connectivity index (χ0) is 17.1. The van der Waals surface area contributed by atoms with E-state index in [9.17, 15) is 9.59 Å². The van der Waals surface area contributed by atoms with Crippen LogP contribution < -0.4 is 5.32 Å². The molecule has 1 heterocycles. The van der Waals surface area contributed by atoms with Gasteiger partial charge in [0.2, 0.25) is 5.91 Å². The first-order valence-corrected chi connectivity index (χ1v) is 9.43. The monoisotopic (exact) mass is 347 g/mol. The molecule has 0 unspecified atom stereocenters. The second-order valence-corrected chi connectivity index (χ2v) is 7.01. The lowest BCUT2D eigenvalue weighted by molar-refractivity contribution is -0.141. The summed E-state index contributed by atoms with van der Waals surface area (Å²) in [7, 11) is 0. The highest BCUT2D eigenvalue weighted by molar-refractivity contribution is 7.97. The van der Waals surface area contributed by atoms with Crippen molar-refractivity contribution in [3.8, 4) is 0 Å². The molecular formula is C17H21N3O3S. The van der Waals surface area contributed by atoms with Crippen molar-refractivity contribution < 1.29 is 14.7 Å². The molecule has 1 amide bonds. The van der Waals surface area contributed by atoms with Gasteiger partial charge in [0.15, 0.2) is 0 Å². The Hall–Kier alpha value is -2.02. The van der Waals surface area contributed by atoms with Crippen molar-refractivity contribution in [2.75, 3.05) is 6.26 Å². The summed E-state index contributed by atoms with van der Waals surface area (Å²) in [6.07, 6.45) is 3.88. The van der Waals surface area contributed by atoms with Crippen LogP contribution in [0.4, 0.5) is 0 Å². The largest absolute Gasteiger partial charge is 0.481 e. The van der Waals surface area contributed by atoms with Gasteiger partial charge in [-0.1, -0.05) is 12.1 Å².